The van der Waals surface area contributed by atoms with Crippen LogP contribution in [0.25, 0.3) is 11.8 Å². The molecule has 8 heteroatoms. The van der Waals surface area contributed by atoms with Crippen molar-refractivity contribution in [2.24, 2.45) is 0 Å². The SMILES string of the molecule is Cc1ccc(/C=C/C(=O)OCC(=O)Nc2c(C#N)cnn2-c2ccccc2)s1. The number of nitrogens with one attached hydrogen (secondary N) is 1. The molecule has 0 fully saturated rings. The van der Waals surface area contributed by atoms with Crippen molar-refractivity contribution in [1.29, 1.82) is 5.26 Å². The fraction of sp³-hybridized carbons (Fsp3) is 0.100. The molecule has 1 amide bonds. The summed E-state index contributed by atoms with van der Waals surface area (Å²) >= 11 is 1.55. The molecule has 1 N–H and O–H groups in total. The van der Waals surface area contributed by atoms with Gasteiger partial charge in [0.25, 0.3) is 5.91 Å². The van der Waals surface area contributed by atoms with Gasteiger partial charge in [0, 0.05) is 15.8 Å². The smallest absolute Gasteiger partial charge is 0.331 e. The van der Waals surface area contributed by atoms with Crippen LogP contribution in [0.1, 0.15) is 15.3 Å². The number of nitrogens with zero attached hydrogens (tertiary/aromatic N) is 3. The third-order valence-electron chi connectivity index (χ3n) is 3.64. The van der Waals surface area contributed by atoms with Crippen molar-refractivity contribution in [3.05, 3.63) is 70.1 Å². The van der Waals surface area contributed by atoms with Crippen molar-refractivity contribution >= 4 is 35.1 Å². The summed E-state index contributed by atoms with van der Waals surface area (Å²) < 4.78 is 6.40. The van der Waals surface area contributed by atoms with Gasteiger partial charge in [0.1, 0.15) is 11.6 Å². The van der Waals surface area contributed by atoms with E-state index in [1.165, 1.54) is 17.0 Å². The molecule has 0 radical (unpaired) electrons. The number of carbonyl (C=O) groups excluding carboxylic acids is 2. The highest BCUT2D eigenvalue weighted by Crippen LogP contribution is 2.19. The average Bonchev–Trinajstić information content (AvgIpc) is 3.31. The Labute approximate surface area is 165 Å². The van der Waals surface area contributed by atoms with Crippen LogP contribution >= 0.6 is 11.3 Å². The number of aryl methyl sites for hydroxylation is 1. The van der Waals surface area contributed by atoms with Crippen LogP contribution in [0, 0.1) is 18.3 Å². The van der Waals surface area contributed by atoms with E-state index in [0.29, 0.717) is 5.69 Å². The van der Waals surface area contributed by atoms with Gasteiger partial charge in [-0.15, -0.1) is 11.3 Å². The molecule has 2 aromatic heterocycles. The van der Waals surface area contributed by atoms with Gasteiger partial charge in [-0.05, 0) is 37.3 Å². The number of hydrogen-bond donors (Lipinski definition) is 1. The summed E-state index contributed by atoms with van der Waals surface area (Å²) in [5.41, 5.74) is 0.891. The predicted octanol–water partition coefficient (Wildman–Crippen LogP) is 3.31. The van der Waals surface area contributed by atoms with Crippen LogP contribution in [0.3, 0.4) is 0 Å². The maximum atomic E-state index is 12.2. The van der Waals surface area contributed by atoms with Crippen molar-refractivity contribution in [3.63, 3.8) is 0 Å². The zero-order valence-corrected chi connectivity index (χ0v) is 15.8. The second-order valence-corrected chi connectivity index (χ2v) is 7.02. The number of hydrogen-bond acceptors (Lipinski definition) is 6. The summed E-state index contributed by atoms with van der Waals surface area (Å²) in [6, 6.07) is 14.9. The van der Waals surface area contributed by atoms with E-state index in [9.17, 15) is 14.9 Å². The molecule has 0 saturated heterocycles. The second-order valence-electron chi connectivity index (χ2n) is 5.70. The van der Waals surface area contributed by atoms with Crippen LogP contribution in [0.5, 0.6) is 0 Å². The van der Waals surface area contributed by atoms with E-state index in [1.54, 1.807) is 29.5 Å². The number of ether oxygens (including phenoxy) is 1. The van der Waals surface area contributed by atoms with Crippen molar-refractivity contribution in [2.75, 3.05) is 11.9 Å². The molecule has 0 aliphatic heterocycles. The lowest BCUT2D eigenvalue weighted by atomic mass is 10.3. The molecular formula is C20H16N4O3S. The summed E-state index contributed by atoms with van der Waals surface area (Å²) in [6.07, 6.45) is 4.27. The average molecular weight is 392 g/mol. The Morgan fingerprint density at radius 2 is 2.07 bits per heavy atom. The van der Waals surface area contributed by atoms with E-state index >= 15 is 0 Å². The molecule has 140 valence electrons. The van der Waals surface area contributed by atoms with Crippen LogP contribution in [0.2, 0.25) is 0 Å². The normalized spacial score (nSPS) is 10.6. The van der Waals surface area contributed by atoms with Gasteiger partial charge < -0.3 is 10.1 Å². The van der Waals surface area contributed by atoms with Crippen LogP contribution in [0.15, 0.2) is 54.7 Å². The Kier molecular flexibility index (Phi) is 5.99. The van der Waals surface area contributed by atoms with Gasteiger partial charge in [0.2, 0.25) is 0 Å². The van der Waals surface area contributed by atoms with Crippen LogP contribution in [0.4, 0.5) is 5.82 Å². The van der Waals surface area contributed by atoms with Crippen LogP contribution in [-0.2, 0) is 14.3 Å². The molecule has 0 aliphatic rings. The molecule has 0 saturated carbocycles. The van der Waals surface area contributed by atoms with Crippen molar-refractivity contribution in [2.45, 2.75) is 6.92 Å². The molecule has 2 heterocycles. The number of thiophene rings is 1. The fourth-order valence-electron chi connectivity index (χ4n) is 2.36. The van der Waals surface area contributed by atoms with E-state index in [-0.39, 0.29) is 11.4 Å². The first-order valence-electron chi connectivity index (χ1n) is 8.31. The summed E-state index contributed by atoms with van der Waals surface area (Å²) in [5, 5.41) is 16.0. The van der Waals surface area contributed by atoms with Crippen molar-refractivity contribution < 1.29 is 14.3 Å². The summed E-state index contributed by atoms with van der Waals surface area (Å²) in [4.78, 5) is 26.0. The van der Waals surface area contributed by atoms with E-state index < -0.39 is 18.5 Å². The number of aromatic nitrogens is 2. The van der Waals surface area contributed by atoms with Crippen molar-refractivity contribution in [3.8, 4) is 11.8 Å². The minimum absolute atomic E-state index is 0.205. The van der Waals surface area contributed by atoms with E-state index in [0.717, 1.165) is 9.75 Å². The Bertz CT molecular complexity index is 1060. The van der Waals surface area contributed by atoms with Gasteiger partial charge in [-0.1, -0.05) is 18.2 Å². The molecule has 0 aliphatic carbocycles. The zero-order chi connectivity index (χ0) is 19.9. The molecule has 7 nitrogen and oxygen atoms in total. The molecule has 0 spiro atoms. The number of para-hydroxylation sites is 1. The molecule has 3 rings (SSSR count). The molecule has 1 aromatic carbocycles. The van der Waals surface area contributed by atoms with Gasteiger partial charge in [0.15, 0.2) is 12.4 Å². The van der Waals surface area contributed by atoms with Gasteiger partial charge in [-0.25, -0.2) is 9.48 Å². The second kappa shape index (κ2) is 8.79. The lowest BCUT2D eigenvalue weighted by molar-refractivity contribution is -0.142. The third kappa shape index (κ3) is 4.72. The van der Waals surface area contributed by atoms with Crippen LogP contribution < -0.4 is 5.32 Å². The number of esters is 1. The summed E-state index contributed by atoms with van der Waals surface area (Å²) in [5.74, 6) is -0.972. The number of benzene rings is 1. The Hall–Kier alpha value is -3.70. The van der Waals surface area contributed by atoms with Crippen molar-refractivity contribution in [1.82, 2.24) is 9.78 Å². The lowest BCUT2D eigenvalue weighted by Crippen LogP contribution is -2.22. The first-order chi connectivity index (χ1) is 13.6. The number of nitriles is 1. The highest BCUT2D eigenvalue weighted by Gasteiger charge is 2.15. The number of amides is 1. The molecule has 0 unspecified atom stereocenters. The fourth-order valence-corrected chi connectivity index (χ4v) is 3.14. The summed E-state index contributed by atoms with van der Waals surface area (Å²) in [6.45, 7) is 1.50. The van der Waals surface area contributed by atoms with Gasteiger partial charge in [-0.2, -0.15) is 10.4 Å². The maximum Gasteiger partial charge on any atom is 0.331 e. The van der Waals surface area contributed by atoms with Gasteiger partial charge in [-0.3, -0.25) is 4.79 Å². The highest BCUT2D eigenvalue weighted by molar-refractivity contribution is 7.12. The quantitative estimate of drug-likeness (QED) is 0.513. The zero-order valence-electron chi connectivity index (χ0n) is 15.0. The maximum absolute atomic E-state index is 12.2. The van der Waals surface area contributed by atoms with Gasteiger partial charge >= 0.3 is 5.97 Å². The Morgan fingerprint density at radius 3 is 2.75 bits per heavy atom. The third-order valence-corrected chi connectivity index (χ3v) is 4.60. The standard InChI is InChI=1S/C20H16N4O3S/c1-14-7-8-17(28-14)9-10-19(26)27-13-18(25)23-20-15(11-21)12-22-24(20)16-5-3-2-4-6-16/h2-10,12H,13H2,1H3,(H,23,25)/b10-9+. The predicted molar refractivity (Wildman–Crippen MR) is 106 cm³/mol. The molecule has 28 heavy (non-hydrogen) atoms. The Morgan fingerprint density at radius 1 is 1.29 bits per heavy atom. The largest absolute Gasteiger partial charge is 0.452 e. The molecule has 3 aromatic rings. The van der Waals surface area contributed by atoms with Gasteiger partial charge in [0.05, 0.1) is 11.9 Å². The minimum Gasteiger partial charge on any atom is -0.452 e. The topological polar surface area (TPSA) is 97.0 Å². The van der Waals surface area contributed by atoms with E-state index in [4.69, 9.17) is 4.74 Å². The first kappa shape index (κ1) is 19.1. The van der Waals surface area contributed by atoms with E-state index in [2.05, 4.69) is 10.4 Å². The Balaban J connectivity index is 1.62. The molecular weight excluding hydrogens is 376 g/mol. The van der Waals surface area contributed by atoms with Crippen LogP contribution in [-0.4, -0.2) is 28.3 Å². The lowest BCUT2D eigenvalue weighted by Gasteiger charge is -2.09. The highest BCUT2D eigenvalue weighted by atomic mass is 32.1. The molecule has 0 atom stereocenters. The number of anilines is 1. The number of rotatable bonds is 6. The molecule has 0 bridgehead atoms. The van der Waals surface area contributed by atoms with E-state index in [1.807, 2.05) is 43.3 Å². The summed E-state index contributed by atoms with van der Waals surface area (Å²) in [7, 11) is 0. The minimum atomic E-state index is -0.627. The number of carbonyl (C=O) groups is 2. The first-order valence-corrected chi connectivity index (χ1v) is 9.13. The monoisotopic (exact) mass is 392 g/mol.